The molecule has 1 saturated heterocycles. The summed E-state index contributed by atoms with van der Waals surface area (Å²) in [5.74, 6) is -3.52. The van der Waals surface area contributed by atoms with Gasteiger partial charge in [-0.05, 0) is 42.8 Å². The zero-order chi connectivity index (χ0) is 24.9. The number of fused-ring (bicyclic) bond motifs is 1. The van der Waals surface area contributed by atoms with E-state index < -0.39 is 29.4 Å². The SMILES string of the molecule is Cc1cccc(C2/C(=C(/O)c3ccc4c(c3)N(C)CCO4)C(=O)C(=O)N2c2ccc(F)cc2F)c1. The van der Waals surface area contributed by atoms with Crippen LogP contribution >= 0.6 is 0 Å². The monoisotopic (exact) mass is 476 g/mol. The molecule has 2 aliphatic rings. The van der Waals surface area contributed by atoms with E-state index in [9.17, 15) is 23.5 Å². The van der Waals surface area contributed by atoms with Gasteiger partial charge in [0.15, 0.2) is 0 Å². The van der Waals surface area contributed by atoms with Crippen molar-refractivity contribution in [3.05, 3.63) is 94.6 Å². The number of aryl methyl sites for hydroxylation is 1. The fourth-order valence-electron chi connectivity index (χ4n) is 4.57. The molecule has 1 unspecified atom stereocenters. The number of anilines is 2. The fourth-order valence-corrected chi connectivity index (χ4v) is 4.57. The normalized spacial score (nSPS) is 19.0. The molecule has 3 aromatic carbocycles. The minimum atomic E-state index is -1.11. The third-order valence-electron chi connectivity index (χ3n) is 6.30. The lowest BCUT2D eigenvalue weighted by Crippen LogP contribution is -2.30. The highest BCUT2D eigenvalue weighted by molar-refractivity contribution is 6.51. The first kappa shape index (κ1) is 22.6. The maximum Gasteiger partial charge on any atom is 0.300 e. The Hall–Kier alpha value is -4.20. The van der Waals surface area contributed by atoms with Gasteiger partial charge in [-0.15, -0.1) is 0 Å². The highest BCUT2D eigenvalue weighted by Crippen LogP contribution is 2.44. The summed E-state index contributed by atoms with van der Waals surface area (Å²) in [4.78, 5) is 29.4. The number of benzene rings is 3. The number of carbonyl (C=O) groups excluding carboxylic acids is 2. The molecule has 5 rings (SSSR count). The Labute approximate surface area is 200 Å². The molecule has 0 saturated carbocycles. The van der Waals surface area contributed by atoms with Crippen molar-refractivity contribution in [3.8, 4) is 5.75 Å². The number of hydrogen-bond donors (Lipinski definition) is 1. The van der Waals surface area contributed by atoms with Crippen LogP contribution in [0.25, 0.3) is 5.76 Å². The van der Waals surface area contributed by atoms with Crippen LogP contribution in [-0.2, 0) is 9.59 Å². The van der Waals surface area contributed by atoms with E-state index in [2.05, 4.69) is 0 Å². The van der Waals surface area contributed by atoms with Crippen molar-refractivity contribution in [3.63, 3.8) is 0 Å². The first-order valence-corrected chi connectivity index (χ1v) is 11.1. The largest absolute Gasteiger partial charge is 0.507 e. The fraction of sp³-hybridized carbons (Fsp3) is 0.185. The van der Waals surface area contributed by atoms with E-state index in [0.29, 0.717) is 36.1 Å². The number of aliphatic hydroxyl groups excluding tert-OH is 1. The minimum absolute atomic E-state index is 0.177. The van der Waals surface area contributed by atoms with E-state index >= 15 is 0 Å². The van der Waals surface area contributed by atoms with Crippen molar-refractivity contribution >= 4 is 28.8 Å². The predicted octanol–water partition coefficient (Wildman–Crippen LogP) is 4.73. The van der Waals surface area contributed by atoms with Crippen molar-refractivity contribution in [1.82, 2.24) is 0 Å². The molecule has 178 valence electrons. The standard InChI is InChI=1S/C27H22F2N2O4/c1-15-4-3-5-16(12-15)24-23(25(32)17-6-9-22-21(13-17)30(2)10-11-35-22)26(33)27(34)31(24)20-8-7-18(28)14-19(20)29/h3-9,12-14,24,32H,10-11H2,1-2H3/b25-23-. The number of Topliss-reactive ketones (excluding diaryl/α,β-unsaturated/α-hetero) is 1. The molecule has 1 atom stereocenters. The Morgan fingerprint density at radius 2 is 1.83 bits per heavy atom. The van der Waals surface area contributed by atoms with Gasteiger partial charge in [-0.1, -0.05) is 29.8 Å². The topological polar surface area (TPSA) is 70.1 Å². The number of carbonyl (C=O) groups is 2. The highest BCUT2D eigenvalue weighted by Gasteiger charge is 2.47. The number of nitrogens with zero attached hydrogens (tertiary/aromatic N) is 2. The number of hydrogen-bond acceptors (Lipinski definition) is 5. The van der Waals surface area contributed by atoms with Crippen LogP contribution < -0.4 is 14.5 Å². The third-order valence-corrected chi connectivity index (χ3v) is 6.30. The molecule has 0 spiro atoms. The number of halogens is 2. The first-order valence-electron chi connectivity index (χ1n) is 11.1. The van der Waals surface area contributed by atoms with Gasteiger partial charge < -0.3 is 14.7 Å². The molecule has 3 aromatic rings. The Kier molecular flexibility index (Phi) is 5.51. The van der Waals surface area contributed by atoms with Gasteiger partial charge in [-0.3, -0.25) is 14.5 Å². The summed E-state index contributed by atoms with van der Waals surface area (Å²) in [6.07, 6.45) is 0. The van der Waals surface area contributed by atoms with Crippen molar-refractivity contribution < 1.29 is 28.2 Å². The van der Waals surface area contributed by atoms with Crippen LogP contribution in [0, 0.1) is 18.6 Å². The van der Waals surface area contributed by atoms with E-state index in [1.807, 2.05) is 24.9 Å². The van der Waals surface area contributed by atoms with Crippen LogP contribution in [0.3, 0.4) is 0 Å². The summed E-state index contributed by atoms with van der Waals surface area (Å²) in [6, 6.07) is 13.7. The summed E-state index contributed by atoms with van der Waals surface area (Å²) < 4.78 is 34.1. The van der Waals surface area contributed by atoms with Crippen molar-refractivity contribution in [2.75, 3.05) is 30.0 Å². The first-order chi connectivity index (χ1) is 16.8. The van der Waals surface area contributed by atoms with E-state index in [1.165, 1.54) is 0 Å². The van der Waals surface area contributed by atoms with E-state index in [0.717, 1.165) is 28.3 Å². The van der Waals surface area contributed by atoms with Crippen LogP contribution in [0.1, 0.15) is 22.7 Å². The molecule has 1 amide bonds. The van der Waals surface area contributed by atoms with Crippen LogP contribution in [0.4, 0.5) is 20.2 Å². The molecular formula is C27H22F2N2O4. The summed E-state index contributed by atoms with van der Waals surface area (Å²) in [5, 5.41) is 11.3. The Morgan fingerprint density at radius 1 is 1.03 bits per heavy atom. The molecule has 0 radical (unpaired) electrons. The average Bonchev–Trinajstić information content (AvgIpc) is 3.09. The lowest BCUT2D eigenvalue weighted by atomic mass is 9.94. The quantitative estimate of drug-likeness (QED) is 0.336. The second-order valence-electron chi connectivity index (χ2n) is 8.63. The number of likely N-dealkylation sites (N-methyl/N-ethyl adjacent to an activating group) is 1. The molecule has 0 aliphatic carbocycles. The van der Waals surface area contributed by atoms with Crippen LogP contribution in [0.2, 0.25) is 0 Å². The summed E-state index contributed by atoms with van der Waals surface area (Å²) in [6.45, 7) is 3.01. The second-order valence-corrected chi connectivity index (χ2v) is 8.63. The molecular weight excluding hydrogens is 454 g/mol. The average molecular weight is 476 g/mol. The van der Waals surface area contributed by atoms with Gasteiger partial charge in [0.05, 0.1) is 29.5 Å². The van der Waals surface area contributed by atoms with Gasteiger partial charge >= 0.3 is 0 Å². The molecule has 8 heteroatoms. The van der Waals surface area contributed by atoms with Gasteiger partial charge in [0.1, 0.15) is 29.8 Å². The third kappa shape index (κ3) is 3.80. The smallest absolute Gasteiger partial charge is 0.300 e. The van der Waals surface area contributed by atoms with Crippen LogP contribution in [0.5, 0.6) is 5.75 Å². The number of amides is 1. The molecule has 1 fully saturated rings. The van der Waals surface area contributed by atoms with Gasteiger partial charge in [0.2, 0.25) is 0 Å². The molecule has 2 aliphatic heterocycles. The van der Waals surface area contributed by atoms with Crippen LogP contribution in [0.15, 0.2) is 66.2 Å². The Morgan fingerprint density at radius 3 is 2.57 bits per heavy atom. The highest BCUT2D eigenvalue weighted by atomic mass is 19.1. The zero-order valence-electron chi connectivity index (χ0n) is 19.1. The molecule has 0 bridgehead atoms. The van der Waals surface area contributed by atoms with Gasteiger partial charge in [0.25, 0.3) is 11.7 Å². The van der Waals surface area contributed by atoms with Gasteiger partial charge in [-0.2, -0.15) is 0 Å². The predicted molar refractivity (Wildman–Crippen MR) is 128 cm³/mol. The maximum atomic E-state index is 14.8. The second kappa shape index (κ2) is 8.54. The molecule has 0 aromatic heterocycles. The lowest BCUT2D eigenvalue weighted by Gasteiger charge is -2.28. The number of ether oxygens (including phenoxy) is 1. The maximum absolute atomic E-state index is 14.8. The van der Waals surface area contributed by atoms with Gasteiger partial charge in [0, 0.05) is 18.7 Å². The zero-order valence-corrected chi connectivity index (χ0v) is 19.1. The lowest BCUT2D eigenvalue weighted by molar-refractivity contribution is -0.132. The van der Waals surface area contributed by atoms with Crippen molar-refractivity contribution in [2.24, 2.45) is 0 Å². The summed E-state index contributed by atoms with van der Waals surface area (Å²) >= 11 is 0. The van der Waals surface area contributed by atoms with Gasteiger partial charge in [-0.25, -0.2) is 8.78 Å². The Bertz CT molecular complexity index is 1400. The molecule has 2 heterocycles. The molecule has 1 N–H and O–H groups in total. The van der Waals surface area contributed by atoms with E-state index in [4.69, 9.17) is 4.74 Å². The van der Waals surface area contributed by atoms with Crippen LogP contribution in [-0.4, -0.2) is 37.0 Å². The molecule has 35 heavy (non-hydrogen) atoms. The Balaban J connectivity index is 1.72. The number of ketones is 1. The molecule has 6 nitrogen and oxygen atoms in total. The minimum Gasteiger partial charge on any atom is -0.507 e. The van der Waals surface area contributed by atoms with E-state index in [1.54, 1.807) is 36.4 Å². The number of rotatable bonds is 3. The number of aliphatic hydroxyl groups is 1. The summed E-state index contributed by atoms with van der Waals surface area (Å²) in [5.41, 5.74) is 1.97. The van der Waals surface area contributed by atoms with Crippen molar-refractivity contribution in [2.45, 2.75) is 13.0 Å². The van der Waals surface area contributed by atoms with E-state index in [-0.39, 0.29) is 17.0 Å². The van der Waals surface area contributed by atoms with Crippen molar-refractivity contribution in [1.29, 1.82) is 0 Å². The summed E-state index contributed by atoms with van der Waals surface area (Å²) in [7, 11) is 1.88.